The van der Waals surface area contributed by atoms with Gasteiger partial charge in [-0.15, -0.1) is 11.3 Å². The molecule has 7 nitrogen and oxygen atoms in total. The molecule has 1 aliphatic carbocycles. The van der Waals surface area contributed by atoms with E-state index in [4.69, 9.17) is 4.74 Å². The van der Waals surface area contributed by atoms with E-state index in [1.54, 1.807) is 17.4 Å². The maximum Gasteiger partial charge on any atom is 0.273 e. The third-order valence-corrected chi connectivity index (χ3v) is 5.37. The fourth-order valence-electron chi connectivity index (χ4n) is 2.90. The van der Waals surface area contributed by atoms with Crippen LogP contribution in [-0.2, 0) is 4.79 Å². The van der Waals surface area contributed by atoms with Crippen molar-refractivity contribution in [1.29, 1.82) is 0 Å². The minimum atomic E-state index is -0.117. The third-order valence-electron chi connectivity index (χ3n) is 4.61. The van der Waals surface area contributed by atoms with Crippen LogP contribution < -0.4 is 15.4 Å². The van der Waals surface area contributed by atoms with E-state index in [9.17, 15) is 9.59 Å². The van der Waals surface area contributed by atoms with Gasteiger partial charge in [0, 0.05) is 30.9 Å². The average molecular weight is 417 g/mol. The molecule has 29 heavy (non-hydrogen) atoms. The molecule has 156 valence electrons. The van der Waals surface area contributed by atoms with Crippen molar-refractivity contribution in [2.45, 2.75) is 39.2 Å². The Labute approximate surface area is 175 Å². The van der Waals surface area contributed by atoms with Gasteiger partial charge in [-0.1, -0.05) is 26.0 Å². The van der Waals surface area contributed by atoms with Gasteiger partial charge in [0.25, 0.3) is 5.91 Å². The van der Waals surface area contributed by atoms with Crippen LogP contribution in [0.2, 0.25) is 0 Å². The smallest absolute Gasteiger partial charge is 0.273 e. The molecule has 0 atom stereocenters. The van der Waals surface area contributed by atoms with E-state index in [2.05, 4.69) is 29.5 Å². The Morgan fingerprint density at radius 3 is 2.76 bits per heavy atom. The van der Waals surface area contributed by atoms with Crippen LogP contribution in [0, 0.1) is 5.92 Å². The molecule has 1 fully saturated rings. The molecule has 0 radical (unpaired) electrons. The van der Waals surface area contributed by atoms with E-state index in [0.29, 0.717) is 42.0 Å². The third kappa shape index (κ3) is 5.93. The number of amides is 2. The molecule has 0 spiro atoms. The lowest BCUT2D eigenvalue weighted by Crippen LogP contribution is -2.37. The number of hydrogen-bond donors (Lipinski definition) is 2. The summed E-state index contributed by atoms with van der Waals surface area (Å²) >= 11 is 1.37. The summed E-state index contributed by atoms with van der Waals surface area (Å²) in [5.41, 5.74) is 1.20. The minimum absolute atomic E-state index is 0.0195. The van der Waals surface area contributed by atoms with Crippen molar-refractivity contribution < 1.29 is 14.3 Å². The first-order chi connectivity index (χ1) is 14.0. The van der Waals surface area contributed by atoms with Crippen molar-refractivity contribution in [2.75, 3.05) is 25.5 Å². The van der Waals surface area contributed by atoms with E-state index >= 15 is 0 Å². The van der Waals surface area contributed by atoms with Gasteiger partial charge in [-0.25, -0.2) is 4.98 Å². The second-order valence-electron chi connectivity index (χ2n) is 7.54. The number of ether oxygens (including phenoxy) is 1. The van der Waals surface area contributed by atoms with Gasteiger partial charge in [0.05, 0.1) is 12.8 Å². The van der Waals surface area contributed by atoms with Gasteiger partial charge in [-0.05, 0) is 30.9 Å². The first kappa shape index (κ1) is 21.1. The summed E-state index contributed by atoms with van der Waals surface area (Å²) in [4.78, 5) is 31.3. The summed E-state index contributed by atoms with van der Waals surface area (Å²) in [5, 5.41) is 8.50. The van der Waals surface area contributed by atoms with Gasteiger partial charge >= 0.3 is 0 Å². The Bertz CT molecular complexity index is 848. The number of carbonyl (C=O) groups excluding carboxylic acids is 2. The quantitative estimate of drug-likeness (QED) is 0.618. The van der Waals surface area contributed by atoms with Gasteiger partial charge in [-0.3, -0.25) is 9.59 Å². The van der Waals surface area contributed by atoms with Gasteiger partial charge in [0.2, 0.25) is 5.91 Å². The van der Waals surface area contributed by atoms with Gasteiger partial charge in [0.1, 0.15) is 11.4 Å². The van der Waals surface area contributed by atoms with Crippen molar-refractivity contribution in [2.24, 2.45) is 5.92 Å². The normalized spacial score (nSPS) is 13.2. The Morgan fingerprint density at radius 1 is 1.31 bits per heavy atom. The highest BCUT2D eigenvalue weighted by atomic mass is 32.1. The molecular formula is C21H28N4O3S. The predicted molar refractivity (Wildman–Crippen MR) is 115 cm³/mol. The van der Waals surface area contributed by atoms with Crippen LogP contribution in [0.3, 0.4) is 0 Å². The Kier molecular flexibility index (Phi) is 7.09. The van der Waals surface area contributed by atoms with Gasteiger partial charge in [0.15, 0.2) is 5.13 Å². The summed E-state index contributed by atoms with van der Waals surface area (Å²) in [6, 6.07) is 7.78. The highest BCUT2D eigenvalue weighted by Crippen LogP contribution is 2.31. The molecule has 2 amide bonds. The molecule has 0 bridgehead atoms. The minimum Gasteiger partial charge on any atom is -0.495 e. The molecule has 2 N–H and O–H groups in total. The number of benzene rings is 1. The topological polar surface area (TPSA) is 83.6 Å². The van der Waals surface area contributed by atoms with E-state index in [1.165, 1.54) is 11.3 Å². The number of para-hydroxylation sites is 2. The molecule has 1 aromatic heterocycles. The average Bonchev–Trinajstić information content (AvgIpc) is 3.44. The summed E-state index contributed by atoms with van der Waals surface area (Å²) in [5.74, 6) is 0.981. The molecule has 0 saturated heterocycles. The number of anilines is 2. The van der Waals surface area contributed by atoms with Crippen LogP contribution in [0.4, 0.5) is 10.8 Å². The molecule has 1 aromatic carbocycles. The standard InChI is InChI=1S/C21H28N4O3S/c1-14(2)12-22-19(26)10-11-25(15-8-9-15)20(27)17-13-29-21(24-17)23-16-6-4-5-7-18(16)28-3/h4-7,13-15H,8-12H2,1-3H3,(H,22,26)(H,23,24). The summed E-state index contributed by atoms with van der Waals surface area (Å²) in [6.07, 6.45) is 2.27. The number of methoxy groups -OCH3 is 1. The van der Waals surface area contributed by atoms with Crippen LogP contribution in [-0.4, -0.2) is 47.9 Å². The molecular weight excluding hydrogens is 388 g/mol. The van der Waals surface area contributed by atoms with Crippen molar-refractivity contribution in [3.63, 3.8) is 0 Å². The van der Waals surface area contributed by atoms with Crippen LogP contribution in [0.5, 0.6) is 5.75 Å². The van der Waals surface area contributed by atoms with Crippen LogP contribution in [0.15, 0.2) is 29.6 Å². The number of thiazole rings is 1. The second-order valence-corrected chi connectivity index (χ2v) is 8.40. The Morgan fingerprint density at radius 2 is 2.07 bits per heavy atom. The van der Waals surface area contributed by atoms with E-state index in [0.717, 1.165) is 18.5 Å². The highest BCUT2D eigenvalue weighted by molar-refractivity contribution is 7.14. The summed E-state index contributed by atoms with van der Waals surface area (Å²) in [6.45, 7) is 5.18. The van der Waals surface area contributed by atoms with E-state index < -0.39 is 0 Å². The van der Waals surface area contributed by atoms with Gasteiger partial charge in [-0.2, -0.15) is 0 Å². The largest absolute Gasteiger partial charge is 0.495 e. The fraction of sp³-hybridized carbons (Fsp3) is 0.476. The number of nitrogens with one attached hydrogen (secondary N) is 2. The van der Waals surface area contributed by atoms with Crippen LogP contribution >= 0.6 is 11.3 Å². The molecule has 0 unspecified atom stereocenters. The highest BCUT2D eigenvalue weighted by Gasteiger charge is 2.34. The zero-order valence-corrected chi connectivity index (χ0v) is 17.9. The van der Waals surface area contributed by atoms with Crippen molar-refractivity contribution in [3.8, 4) is 5.75 Å². The SMILES string of the molecule is COc1ccccc1Nc1nc(C(=O)N(CCC(=O)NCC(C)C)C2CC2)cs1. The molecule has 2 aromatic rings. The first-order valence-electron chi connectivity index (χ1n) is 9.91. The molecule has 3 rings (SSSR count). The number of carbonyl (C=O) groups is 2. The summed E-state index contributed by atoms with van der Waals surface area (Å²) < 4.78 is 5.34. The number of nitrogens with zero attached hydrogens (tertiary/aromatic N) is 2. The first-order valence-corrected chi connectivity index (χ1v) is 10.8. The number of hydrogen-bond acceptors (Lipinski definition) is 6. The molecule has 0 aliphatic heterocycles. The maximum absolute atomic E-state index is 13.0. The van der Waals surface area contributed by atoms with E-state index in [1.807, 2.05) is 24.3 Å². The lowest BCUT2D eigenvalue weighted by Gasteiger charge is -2.21. The predicted octanol–water partition coefficient (Wildman–Crippen LogP) is 3.66. The van der Waals surface area contributed by atoms with Crippen LogP contribution in [0.1, 0.15) is 43.6 Å². The zero-order valence-electron chi connectivity index (χ0n) is 17.1. The Hall–Kier alpha value is -2.61. The molecule has 8 heteroatoms. The maximum atomic E-state index is 13.0. The van der Waals surface area contributed by atoms with E-state index in [-0.39, 0.29) is 17.9 Å². The summed E-state index contributed by atoms with van der Waals surface area (Å²) in [7, 11) is 1.61. The molecule has 1 saturated carbocycles. The fourth-order valence-corrected chi connectivity index (χ4v) is 3.60. The van der Waals surface area contributed by atoms with Crippen LogP contribution in [0.25, 0.3) is 0 Å². The van der Waals surface area contributed by atoms with Crippen molar-refractivity contribution in [1.82, 2.24) is 15.2 Å². The number of rotatable bonds is 10. The molecule has 1 heterocycles. The van der Waals surface area contributed by atoms with Crippen molar-refractivity contribution in [3.05, 3.63) is 35.3 Å². The lowest BCUT2D eigenvalue weighted by atomic mass is 10.2. The van der Waals surface area contributed by atoms with Gasteiger partial charge < -0.3 is 20.3 Å². The van der Waals surface area contributed by atoms with Crippen molar-refractivity contribution >= 4 is 34.0 Å². The zero-order chi connectivity index (χ0) is 20.8. The molecule has 1 aliphatic rings. The lowest BCUT2D eigenvalue weighted by molar-refractivity contribution is -0.121. The monoisotopic (exact) mass is 416 g/mol. The second kappa shape index (κ2) is 9.73. The number of aromatic nitrogens is 1. The Balaban J connectivity index is 1.61.